The maximum absolute atomic E-state index is 12.6. The van der Waals surface area contributed by atoms with Crippen molar-refractivity contribution in [2.45, 2.75) is 57.5 Å². The van der Waals surface area contributed by atoms with Crippen LogP contribution in [0.5, 0.6) is 0 Å². The lowest BCUT2D eigenvalue weighted by Crippen LogP contribution is -2.49. The van der Waals surface area contributed by atoms with Gasteiger partial charge in [-0.25, -0.2) is 0 Å². The van der Waals surface area contributed by atoms with Crippen molar-refractivity contribution in [2.24, 2.45) is 5.92 Å². The van der Waals surface area contributed by atoms with E-state index in [1.54, 1.807) is 0 Å². The van der Waals surface area contributed by atoms with E-state index in [2.05, 4.69) is 22.0 Å². The van der Waals surface area contributed by atoms with Crippen molar-refractivity contribution in [1.82, 2.24) is 15.1 Å². The number of rotatable bonds is 4. The van der Waals surface area contributed by atoms with Gasteiger partial charge in [0, 0.05) is 44.7 Å². The molecule has 1 N–H and O–H groups in total. The van der Waals surface area contributed by atoms with E-state index in [1.807, 2.05) is 0 Å². The predicted molar refractivity (Wildman–Crippen MR) is 91.4 cm³/mol. The number of nitrogens with zero attached hydrogens (tertiary/aromatic N) is 2. The molecular formula is C18H33N3O2. The highest BCUT2D eigenvalue weighted by Crippen LogP contribution is 2.23. The van der Waals surface area contributed by atoms with E-state index in [0.717, 1.165) is 38.7 Å². The van der Waals surface area contributed by atoms with Crippen LogP contribution in [0, 0.1) is 5.92 Å². The molecule has 0 spiro atoms. The van der Waals surface area contributed by atoms with Crippen molar-refractivity contribution in [2.75, 3.05) is 45.9 Å². The Kier molecular flexibility index (Phi) is 6.31. The normalized spacial score (nSPS) is 33.6. The van der Waals surface area contributed by atoms with E-state index in [9.17, 15) is 4.79 Å². The fourth-order valence-electron chi connectivity index (χ4n) is 4.29. The molecule has 0 aromatic rings. The summed E-state index contributed by atoms with van der Waals surface area (Å²) >= 11 is 0. The predicted octanol–water partition coefficient (Wildman–Crippen LogP) is 1.48. The molecule has 0 saturated carbocycles. The molecule has 5 heteroatoms. The third-order valence-corrected chi connectivity index (χ3v) is 5.72. The number of piperidine rings is 2. The van der Waals surface area contributed by atoms with Crippen LogP contribution in [0.15, 0.2) is 0 Å². The van der Waals surface area contributed by atoms with Crippen LogP contribution in [0.3, 0.4) is 0 Å². The zero-order valence-electron chi connectivity index (χ0n) is 14.6. The number of morpholine rings is 1. The number of amides is 1. The van der Waals surface area contributed by atoms with Crippen LogP contribution in [0.25, 0.3) is 0 Å². The lowest BCUT2D eigenvalue weighted by molar-refractivity contribution is -0.134. The molecule has 23 heavy (non-hydrogen) atoms. The molecule has 3 rings (SSSR count). The molecular weight excluding hydrogens is 290 g/mol. The molecule has 3 aliphatic rings. The van der Waals surface area contributed by atoms with E-state index < -0.39 is 0 Å². The van der Waals surface area contributed by atoms with Crippen molar-refractivity contribution in [3.63, 3.8) is 0 Å². The number of likely N-dealkylation sites (tertiary alicyclic amines) is 2. The Morgan fingerprint density at radius 1 is 1.22 bits per heavy atom. The van der Waals surface area contributed by atoms with Gasteiger partial charge in [-0.3, -0.25) is 4.79 Å². The third kappa shape index (κ3) is 4.91. The fraction of sp³-hybridized carbons (Fsp3) is 0.944. The first-order valence-electron chi connectivity index (χ1n) is 9.55. The monoisotopic (exact) mass is 323 g/mol. The smallest absolute Gasteiger partial charge is 0.224 e. The first-order valence-corrected chi connectivity index (χ1v) is 9.55. The Bertz CT molecular complexity index is 384. The van der Waals surface area contributed by atoms with Gasteiger partial charge >= 0.3 is 0 Å². The van der Waals surface area contributed by atoms with Gasteiger partial charge in [-0.2, -0.15) is 0 Å². The van der Waals surface area contributed by atoms with Gasteiger partial charge in [0.25, 0.3) is 0 Å². The van der Waals surface area contributed by atoms with E-state index in [1.165, 1.54) is 38.8 Å². The number of ether oxygens (including phenoxy) is 1. The topological polar surface area (TPSA) is 44.8 Å². The van der Waals surface area contributed by atoms with Gasteiger partial charge in [0.05, 0.1) is 13.2 Å². The highest BCUT2D eigenvalue weighted by atomic mass is 16.5. The Labute approximate surface area is 140 Å². The second-order valence-corrected chi connectivity index (χ2v) is 7.62. The van der Waals surface area contributed by atoms with Crippen molar-refractivity contribution in [3.05, 3.63) is 0 Å². The molecule has 0 bridgehead atoms. The van der Waals surface area contributed by atoms with Gasteiger partial charge in [0.1, 0.15) is 0 Å². The van der Waals surface area contributed by atoms with Crippen LogP contribution >= 0.6 is 0 Å². The van der Waals surface area contributed by atoms with E-state index >= 15 is 0 Å². The van der Waals surface area contributed by atoms with Crippen molar-refractivity contribution in [1.29, 1.82) is 0 Å². The van der Waals surface area contributed by atoms with Crippen LogP contribution in [-0.2, 0) is 9.53 Å². The molecule has 5 nitrogen and oxygen atoms in total. The summed E-state index contributed by atoms with van der Waals surface area (Å²) in [5.41, 5.74) is 0. The summed E-state index contributed by atoms with van der Waals surface area (Å²) in [4.78, 5) is 17.3. The molecule has 3 fully saturated rings. The molecule has 0 aromatic carbocycles. The minimum Gasteiger partial charge on any atom is -0.378 e. The third-order valence-electron chi connectivity index (χ3n) is 5.72. The summed E-state index contributed by atoms with van der Waals surface area (Å²) < 4.78 is 5.46. The molecule has 1 amide bonds. The number of hydrogen-bond acceptors (Lipinski definition) is 4. The van der Waals surface area contributed by atoms with Gasteiger partial charge in [-0.05, 0) is 45.1 Å². The largest absolute Gasteiger partial charge is 0.378 e. The molecule has 3 heterocycles. The molecule has 0 aliphatic carbocycles. The lowest BCUT2D eigenvalue weighted by atomic mass is 9.94. The summed E-state index contributed by atoms with van der Waals surface area (Å²) in [5, 5.41) is 3.39. The number of nitrogens with one attached hydrogen (secondary N) is 1. The highest BCUT2D eigenvalue weighted by Gasteiger charge is 2.28. The number of carbonyl (C=O) groups is 1. The van der Waals surface area contributed by atoms with Gasteiger partial charge in [0.2, 0.25) is 5.91 Å². The first kappa shape index (κ1) is 17.2. The summed E-state index contributed by atoms with van der Waals surface area (Å²) in [6.45, 7) is 8.99. The second-order valence-electron chi connectivity index (χ2n) is 7.62. The molecule has 0 aromatic heterocycles. The Morgan fingerprint density at radius 3 is 2.91 bits per heavy atom. The standard InChI is InChI=1S/C18H33N3O2/c1-15-5-2-3-8-20(15)12-16-6-4-9-21(13-16)18(22)11-17-14-23-10-7-19-17/h15-17,19H,2-14H2,1H3. The van der Waals surface area contributed by atoms with Gasteiger partial charge in [-0.15, -0.1) is 0 Å². The molecule has 3 aliphatic heterocycles. The van der Waals surface area contributed by atoms with E-state index in [-0.39, 0.29) is 6.04 Å². The van der Waals surface area contributed by atoms with Crippen LogP contribution in [-0.4, -0.2) is 73.7 Å². The van der Waals surface area contributed by atoms with Crippen LogP contribution in [0.1, 0.15) is 45.4 Å². The van der Waals surface area contributed by atoms with Crippen LogP contribution < -0.4 is 5.32 Å². The van der Waals surface area contributed by atoms with Crippen LogP contribution in [0.4, 0.5) is 0 Å². The minimum atomic E-state index is 0.207. The fourth-order valence-corrected chi connectivity index (χ4v) is 4.29. The first-order chi connectivity index (χ1) is 11.2. The summed E-state index contributed by atoms with van der Waals surface area (Å²) in [7, 11) is 0. The van der Waals surface area contributed by atoms with Gasteiger partial charge in [-0.1, -0.05) is 6.42 Å². The number of hydrogen-bond donors (Lipinski definition) is 1. The quantitative estimate of drug-likeness (QED) is 0.851. The zero-order valence-corrected chi connectivity index (χ0v) is 14.6. The van der Waals surface area contributed by atoms with E-state index in [0.29, 0.717) is 24.9 Å². The van der Waals surface area contributed by atoms with Crippen molar-refractivity contribution in [3.8, 4) is 0 Å². The summed E-state index contributed by atoms with van der Waals surface area (Å²) in [5.74, 6) is 0.966. The number of carbonyl (C=O) groups excluding carboxylic acids is 1. The summed E-state index contributed by atoms with van der Waals surface area (Å²) in [6, 6.07) is 0.928. The average Bonchev–Trinajstić information content (AvgIpc) is 2.58. The Balaban J connectivity index is 1.46. The maximum Gasteiger partial charge on any atom is 0.224 e. The van der Waals surface area contributed by atoms with Gasteiger partial charge < -0.3 is 19.9 Å². The second kappa shape index (κ2) is 8.45. The molecule has 3 saturated heterocycles. The average molecular weight is 323 g/mol. The SMILES string of the molecule is CC1CCCCN1CC1CCCN(C(=O)CC2COCCN2)C1. The highest BCUT2D eigenvalue weighted by molar-refractivity contribution is 5.77. The maximum atomic E-state index is 12.6. The van der Waals surface area contributed by atoms with Crippen molar-refractivity contribution < 1.29 is 9.53 Å². The minimum absolute atomic E-state index is 0.207. The van der Waals surface area contributed by atoms with E-state index in [4.69, 9.17) is 4.74 Å². The lowest BCUT2D eigenvalue weighted by Gasteiger charge is -2.40. The Morgan fingerprint density at radius 2 is 2.13 bits per heavy atom. The summed E-state index contributed by atoms with van der Waals surface area (Å²) in [6.07, 6.45) is 7.08. The molecule has 3 unspecified atom stereocenters. The molecule has 132 valence electrons. The van der Waals surface area contributed by atoms with Crippen molar-refractivity contribution >= 4 is 5.91 Å². The molecule has 0 radical (unpaired) electrons. The van der Waals surface area contributed by atoms with Gasteiger partial charge in [0.15, 0.2) is 0 Å². The molecule has 3 atom stereocenters. The zero-order chi connectivity index (χ0) is 16.1. The van der Waals surface area contributed by atoms with Crippen LogP contribution in [0.2, 0.25) is 0 Å². The Hall–Kier alpha value is -0.650.